The summed E-state index contributed by atoms with van der Waals surface area (Å²) in [6.07, 6.45) is 0. The van der Waals surface area contributed by atoms with Crippen LogP contribution >= 0.6 is 0 Å². The Kier molecular flexibility index (Phi) is 6.68. The number of carbonyl (C=O) groups excluding carboxylic acids is 1. The zero-order chi connectivity index (χ0) is 21.6. The number of aryl methyl sites for hydroxylation is 2. The lowest BCUT2D eigenvalue weighted by Crippen LogP contribution is -2.48. The van der Waals surface area contributed by atoms with Gasteiger partial charge in [0, 0.05) is 38.3 Å². The van der Waals surface area contributed by atoms with Crippen LogP contribution in [0.2, 0.25) is 0 Å². The van der Waals surface area contributed by atoms with Crippen molar-refractivity contribution in [1.29, 1.82) is 0 Å². The molecule has 3 aromatic rings. The molecule has 4 heteroatoms. The number of benzene rings is 3. The molecule has 4 rings (SSSR count). The minimum Gasteiger partial charge on any atom is -0.489 e. The molecule has 0 aliphatic carbocycles. The molecule has 0 saturated carbocycles. The minimum atomic E-state index is 0.112. The molecule has 1 aliphatic heterocycles. The van der Waals surface area contributed by atoms with Gasteiger partial charge in [-0.25, -0.2) is 0 Å². The van der Waals surface area contributed by atoms with Crippen molar-refractivity contribution < 1.29 is 9.53 Å². The van der Waals surface area contributed by atoms with Gasteiger partial charge in [-0.05, 0) is 60.4 Å². The Balaban J connectivity index is 1.28. The Hall–Kier alpha value is -3.11. The fourth-order valence-corrected chi connectivity index (χ4v) is 3.85. The smallest absolute Gasteiger partial charge is 0.253 e. The number of piperazine rings is 1. The van der Waals surface area contributed by atoms with E-state index in [9.17, 15) is 4.79 Å². The quantitative estimate of drug-likeness (QED) is 0.579. The zero-order valence-electron chi connectivity index (χ0n) is 18.4. The summed E-state index contributed by atoms with van der Waals surface area (Å²) in [6.45, 7) is 8.97. The van der Waals surface area contributed by atoms with E-state index in [1.54, 1.807) is 0 Å². The lowest BCUT2D eigenvalue weighted by atomic mass is 10.1. The summed E-state index contributed by atoms with van der Waals surface area (Å²) < 4.78 is 5.90. The van der Waals surface area contributed by atoms with Crippen molar-refractivity contribution in [3.05, 3.63) is 101 Å². The van der Waals surface area contributed by atoms with Crippen LogP contribution in [-0.4, -0.2) is 41.9 Å². The number of amides is 1. The molecule has 0 bridgehead atoms. The summed E-state index contributed by atoms with van der Waals surface area (Å²) in [6, 6.07) is 24.4. The highest BCUT2D eigenvalue weighted by Gasteiger charge is 2.22. The summed E-state index contributed by atoms with van der Waals surface area (Å²) in [4.78, 5) is 17.3. The molecular formula is C27H30N2O2. The third kappa shape index (κ3) is 5.53. The molecule has 0 N–H and O–H groups in total. The van der Waals surface area contributed by atoms with E-state index >= 15 is 0 Å². The zero-order valence-corrected chi connectivity index (χ0v) is 18.4. The lowest BCUT2D eigenvalue weighted by Gasteiger charge is -2.34. The third-order valence-electron chi connectivity index (χ3n) is 5.99. The molecule has 0 unspecified atom stereocenters. The monoisotopic (exact) mass is 414 g/mol. The summed E-state index contributed by atoms with van der Waals surface area (Å²) in [5.41, 5.74) is 5.60. The molecule has 3 aromatic carbocycles. The van der Waals surface area contributed by atoms with Gasteiger partial charge >= 0.3 is 0 Å². The van der Waals surface area contributed by atoms with Crippen molar-refractivity contribution in [1.82, 2.24) is 9.80 Å². The SMILES string of the molecule is Cc1ccc(OCc2ccc(C(=O)N3CCN(Cc4ccccc4)CC3)cc2)cc1C. The van der Waals surface area contributed by atoms with Gasteiger partial charge in [0.1, 0.15) is 12.4 Å². The van der Waals surface area contributed by atoms with Crippen LogP contribution in [0.15, 0.2) is 72.8 Å². The van der Waals surface area contributed by atoms with Crippen LogP contribution < -0.4 is 4.74 Å². The maximum absolute atomic E-state index is 12.9. The van der Waals surface area contributed by atoms with Gasteiger partial charge < -0.3 is 9.64 Å². The van der Waals surface area contributed by atoms with E-state index in [2.05, 4.69) is 55.1 Å². The largest absolute Gasteiger partial charge is 0.489 e. The summed E-state index contributed by atoms with van der Waals surface area (Å²) in [5, 5.41) is 0. The molecule has 160 valence electrons. The highest BCUT2D eigenvalue weighted by Crippen LogP contribution is 2.18. The van der Waals surface area contributed by atoms with Crippen LogP contribution in [-0.2, 0) is 13.2 Å². The Labute approximate surface area is 185 Å². The topological polar surface area (TPSA) is 32.8 Å². The van der Waals surface area contributed by atoms with Crippen LogP contribution in [0.5, 0.6) is 5.75 Å². The van der Waals surface area contributed by atoms with Crippen molar-refractivity contribution in [3.8, 4) is 5.75 Å². The first-order valence-corrected chi connectivity index (χ1v) is 10.9. The number of hydrogen-bond acceptors (Lipinski definition) is 3. The molecule has 0 radical (unpaired) electrons. The maximum atomic E-state index is 12.9. The van der Waals surface area contributed by atoms with Crippen molar-refractivity contribution in [3.63, 3.8) is 0 Å². The third-order valence-corrected chi connectivity index (χ3v) is 5.99. The standard InChI is InChI=1S/C27H30N2O2/c1-21-8-13-26(18-22(21)2)31-20-24-9-11-25(12-10-24)27(30)29-16-14-28(15-17-29)19-23-6-4-3-5-7-23/h3-13,18H,14-17,19-20H2,1-2H3. The number of rotatable bonds is 6. The first-order chi connectivity index (χ1) is 15.1. The fraction of sp³-hybridized carbons (Fsp3) is 0.296. The highest BCUT2D eigenvalue weighted by molar-refractivity contribution is 5.94. The fourth-order valence-electron chi connectivity index (χ4n) is 3.85. The van der Waals surface area contributed by atoms with E-state index in [4.69, 9.17) is 4.74 Å². The van der Waals surface area contributed by atoms with Crippen molar-refractivity contribution in [2.24, 2.45) is 0 Å². The number of carbonyl (C=O) groups is 1. The molecule has 1 saturated heterocycles. The molecule has 1 aliphatic rings. The molecule has 31 heavy (non-hydrogen) atoms. The Morgan fingerprint density at radius 3 is 2.19 bits per heavy atom. The van der Waals surface area contributed by atoms with Gasteiger partial charge in [-0.15, -0.1) is 0 Å². The predicted molar refractivity (Wildman–Crippen MR) is 124 cm³/mol. The second kappa shape index (κ2) is 9.80. The van der Waals surface area contributed by atoms with Crippen LogP contribution in [0.1, 0.15) is 32.6 Å². The van der Waals surface area contributed by atoms with Crippen LogP contribution in [0, 0.1) is 13.8 Å². The maximum Gasteiger partial charge on any atom is 0.253 e. The van der Waals surface area contributed by atoms with E-state index in [1.807, 2.05) is 41.3 Å². The van der Waals surface area contributed by atoms with Crippen LogP contribution in [0.4, 0.5) is 0 Å². The van der Waals surface area contributed by atoms with E-state index in [0.717, 1.165) is 49.6 Å². The molecule has 4 nitrogen and oxygen atoms in total. The van der Waals surface area contributed by atoms with Crippen molar-refractivity contribution in [2.45, 2.75) is 27.0 Å². The second-order valence-corrected chi connectivity index (χ2v) is 8.29. The summed E-state index contributed by atoms with van der Waals surface area (Å²) in [5.74, 6) is 0.984. The van der Waals surface area contributed by atoms with E-state index in [1.165, 1.54) is 16.7 Å². The predicted octanol–water partition coefficient (Wildman–Crippen LogP) is 4.84. The Morgan fingerprint density at radius 1 is 0.806 bits per heavy atom. The van der Waals surface area contributed by atoms with Crippen LogP contribution in [0.25, 0.3) is 0 Å². The normalized spacial score (nSPS) is 14.5. The lowest BCUT2D eigenvalue weighted by molar-refractivity contribution is 0.0628. The number of ether oxygens (including phenoxy) is 1. The van der Waals surface area contributed by atoms with Crippen molar-refractivity contribution in [2.75, 3.05) is 26.2 Å². The Morgan fingerprint density at radius 2 is 1.52 bits per heavy atom. The first-order valence-electron chi connectivity index (χ1n) is 10.9. The average Bonchev–Trinajstić information content (AvgIpc) is 2.81. The highest BCUT2D eigenvalue weighted by atomic mass is 16.5. The molecular weight excluding hydrogens is 384 g/mol. The molecule has 0 aromatic heterocycles. The molecule has 1 amide bonds. The van der Waals surface area contributed by atoms with Gasteiger partial charge in [0.25, 0.3) is 5.91 Å². The van der Waals surface area contributed by atoms with E-state index in [-0.39, 0.29) is 5.91 Å². The number of hydrogen-bond donors (Lipinski definition) is 0. The van der Waals surface area contributed by atoms with Gasteiger partial charge in [-0.2, -0.15) is 0 Å². The van der Waals surface area contributed by atoms with E-state index in [0.29, 0.717) is 6.61 Å². The molecule has 0 spiro atoms. The minimum absolute atomic E-state index is 0.112. The van der Waals surface area contributed by atoms with Gasteiger partial charge in [-0.3, -0.25) is 9.69 Å². The number of nitrogens with zero attached hydrogens (tertiary/aromatic N) is 2. The summed E-state index contributed by atoms with van der Waals surface area (Å²) >= 11 is 0. The first kappa shape index (κ1) is 21.1. The van der Waals surface area contributed by atoms with Crippen molar-refractivity contribution >= 4 is 5.91 Å². The molecule has 0 atom stereocenters. The van der Waals surface area contributed by atoms with E-state index < -0.39 is 0 Å². The van der Waals surface area contributed by atoms with Gasteiger partial charge in [0.15, 0.2) is 0 Å². The Bertz CT molecular complexity index is 1010. The molecule has 1 heterocycles. The van der Waals surface area contributed by atoms with Gasteiger partial charge in [0.2, 0.25) is 0 Å². The average molecular weight is 415 g/mol. The van der Waals surface area contributed by atoms with Crippen LogP contribution in [0.3, 0.4) is 0 Å². The summed E-state index contributed by atoms with van der Waals surface area (Å²) in [7, 11) is 0. The van der Waals surface area contributed by atoms with Gasteiger partial charge in [0.05, 0.1) is 0 Å². The van der Waals surface area contributed by atoms with Gasteiger partial charge in [-0.1, -0.05) is 48.5 Å². The molecule has 1 fully saturated rings. The second-order valence-electron chi connectivity index (χ2n) is 8.29.